The summed E-state index contributed by atoms with van der Waals surface area (Å²) in [6, 6.07) is 8.31. The fourth-order valence-electron chi connectivity index (χ4n) is 3.17. The SMILES string of the molecule is Cc1ccccc1OC1CCN(C[C@@H]2CCOC2)CC1. The first kappa shape index (κ1) is 13.9. The van der Waals surface area contributed by atoms with E-state index in [-0.39, 0.29) is 0 Å². The molecular weight excluding hydrogens is 250 g/mol. The summed E-state index contributed by atoms with van der Waals surface area (Å²) in [4.78, 5) is 2.58. The molecule has 0 amide bonds. The quantitative estimate of drug-likeness (QED) is 0.843. The fourth-order valence-corrected chi connectivity index (χ4v) is 3.17. The van der Waals surface area contributed by atoms with E-state index >= 15 is 0 Å². The van der Waals surface area contributed by atoms with Gasteiger partial charge >= 0.3 is 0 Å². The number of nitrogens with zero attached hydrogens (tertiary/aromatic N) is 1. The molecule has 1 atom stereocenters. The van der Waals surface area contributed by atoms with Crippen LogP contribution < -0.4 is 4.74 Å². The van der Waals surface area contributed by atoms with Crippen LogP contribution in [0.15, 0.2) is 24.3 Å². The highest BCUT2D eigenvalue weighted by atomic mass is 16.5. The molecule has 1 aromatic rings. The molecule has 0 aliphatic carbocycles. The standard InChI is InChI=1S/C17H25NO2/c1-14-4-2-3-5-17(14)20-16-6-9-18(10-7-16)12-15-8-11-19-13-15/h2-5,15-16H,6-13H2,1H3/t15-/m0/s1. The lowest BCUT2D eigenvalue weighted by Crippen LogP contribution is -2.40. The largest absolute Gasteiger partial charge is 0.490 e. The number of hydrogen-bond acceptors (Lipinski definition) is 3. The number of benzene rings is 1. The van der Waals surface area contributed by atoms with Crippen molar-refractivity contribution in [2.24, 2.45) is 5.92 Å². The molecule has 20 heavy (non-hydrogen) atoms. The van der Waals surface area contributed by atoms with Gasteiger partial charge in [-0.15, -0.1) is 0 Å². The zero-order valence-electron chi connectivity index (χ0n) is 12.4. The summed E-state index contributed by atoms with van der Waals surface area (Å²) in [5.41, 5.74) is 1.23. The number of hydrogen-bond donors (Lipinski definition) is 0. The lowest BCUT2D eigenvalue weighted by atomic mass is 10.0. The predicted octanol–water partition coefficient (Wildman–Crippen LogP) is 2.87. The van der Waals surface area contributed by atoms with Crippen molar-refractivity contribution < 1.29 is 9.47 Å². The number of piperidine rings is 1. The maximum Gasteiger partial charge on any atom is 0.122 e. The zero-order chi connectivity index (χ0) is 13.8. The lowest BCUT2D eigenvalue weighted by molar-refractivity contribution is 0.0876. The Kier molecular flexibility index (Phi) is 4.58. The highest BCUT2D eigenvalue weighted by Crippen LogP contribution is 2.23. The van der Waals surface area contributed by atoms with Gasteiger partial charge in [0.25, 0.3) is 0 Å². The molecule has 2 heterocycles. The average molecular weight is 275 g/mol. The van der Waals surface area contributed by atoms with Gasteiger partial charge in [-0.3, -0.25) is 0 Å². The van der Waals surface area contributed by atoms with E-state index in [1.54, 1.807) is 0 Å². The molecule has 2 aliphatic rings. The molecule has 1 aromatic carbocycles. The van der Waals surface area contributed by atoms with Gasteiger partial charge in [-0.05, 0) is 43.7 Å². The average Bonchev–Trinajstić information content (AvgIpc) is 2.96. The third-order valence-electron chi connectivity index (χ3n) is 4.46. The van der Waals surface area contributed by atoms with Crippen molar-refractivity contribution in [1.82, 2.24) is 4.90 Å². The van der Waals surface area contributed by atoms with E-state index in [0.717, 1.165) is 50.8 Å². The second-order valence-corrected chi connectivity index (χ2v) is 6.11. The first-order chi connectivity index (χ1) is 9.81. The van der Waals surface area contributed by atoms with Gasteiger partial charge in [0.05, 0.1) is 6.61 Å². The third kappa shape index (κ3) is 3.53. The summed E-state index contributed by atoms with van der Waals surface area (Å²) in [5.74, 6) is 1.80. The van der Waals surface area contributed by atoms with E-state index in [1.165, 1.54) is 18.5 Å². The highest BCUT2D eigenvalue weighted by Gasteiger charge is 2.24. The minimum atomic E-state index is 0.382. The van der Waals surface area contributed by atoms with E-state index < -0.39 is 0 Å². The number of rotatable bonds is 4. The Morgan fingerprint density at radius 3 is 2.70 bits per heavy atom. The van der Waals surface area contributed by atoms with Crippen molar-refractivity contribution in [2.45, 2.75) is 32.3 Å². The Labute approximate surface area is 121 Å². The predicted molar refractivity (Wildman–Crippen MR) is 80.2 cm³/mol. The highest BCUT2D eigenvalue weighted by molar-refractivity contribution is 5.31. The maximum absolute atomic E-state index is 6.15. The number of aryl methyl sites for hydroxylation is 1. The summed E-state index contributed by atoms with van der Waals surface area (Å²) in [6.07, 6.45) is 3.90. The van der Waals surface area contributed by atoms with E-state index in [0.29, 0.717) is 6.10 Å². The number of para-hydroxylation sites is 1. The van der Waals surface area contributed by atoms with Crippen molar-refractivity contribution in [3.63, 3.8) is 0 Å². The second kappa shape index (κ2) is 6.59. The van der Waals surface area contributed by atoms with Crippen LogP contribution in [0.1, 0.15) is 24.8 Å². The Morgan fingerprint density at radius 1 is 1.20 bits per heavy atom. The van der Waals surface area contributed by atoms with Gasteiger partial charge in [0.1, 0.15) is 11.9 Å². The van der Waals surface area contributed by atoms with Crippen molar-refractivity contribution in [3.8, 4) is 5.75 Å². The molecule has 3 rings (SSSR count). The topological polar surface area (TPSA) is 21.7 Å². The number of likely N-dealkylation sites (tertiary alicyclic amines) is 1. The molecule has 0 N–H and O–H groups in total. The third-order valence-corrected chi connectivity index (χ3v) is 4.46. The Morgan fingerprint density at radius 2 is 2.00 bits per heavy atom. The first-order valence-corrected chi connectivity index (χ1v) is 7.83. The van der Waals surface area contributed by atoms with Gasteiger partial charge in [0, 0.05) is 26.2 Å². The molecule has 2 saturated heterocycles. The monoisotopic (exact) mass is 275 g/mol. The van der Waals surface area contributed by atoms with Crippen LogP contribution >= 0.6 is 0 Å². The molecule has 0 saturated carbocycles. The molecule has 0 unspecified atom stereocenters. The van der Waals surface area contributed by atoms with Crippen molar-refractivity contribution >= 4 is 0 Å². The Balaban J connectivity index is 1.45. The van der Waals surface area contributed by atoms with Crippen LogP contribution in [-0.2, 0) is 4.74 Å². The van der Waals surface area contributed by atoms with Crippen LogP contribution in [0.3, 0.4) is 0 Å². The van der Waals surface area contributed by atoms with Crippen LogP contribution in [-0.4, -0.2) is 43.9 Å². The normalized spacial score (nSPS) is 24.9. The zero-order valence-corrected chi connectivity index (χ0v) is 12.4. The van der Waals surface area contributed by atoms with E-state index in [4.69, 9.17) is 9.47 Å². The molecule has 0 bridgehead atoms. The van der Waals surface area contributed by atoms with Crippen LogP contribution in [0, 0.1) is 12.8 Å². The molecule has 0 aromatic heterocycles. The minimum absolute atomic E-state index is 0.382. The van der Waals surface area contributed by atoms with Gasteiger partial charge in [-0.1, -0.05) is 18.2 Å². The smallest absolute Gasteiger partial charge is 0.122 e. The molecule has 2 aliphatic heterocycles. The molecule has 3 nitrogen and oxygen atoms in total. The summed E-state index contributed by atoms with van der Waals surface area (Å²) in [7, 11) is 0. The summed E-state index contributed by atoms with van der Waals surface area (Å²) in [6.45, 7) is 7.55. The van der Waals surface area contributed by atoms with E-state index in [1.807, 2.05) is 0 Å². The van der Waals surface area contributed by atoms with Crippen LogP contribution in [0.25, 0.3) is 0 Å². The van der Waals surface area contributed by atoms with Crippen molar-refractivity contribution in [3.05, 3.63) is 29.8 Å². The van der Waals surface area contributed by atoms with Crippen LogP contribution in [0.5, 0.6) is 5.75 Å². The molecule has 3 heteroatoms. The second-order valence-electron chi connectivity index (χ2n) is 6.11. The molecule has 110 valence electrons. The molecule has 0 radical (unpaired) electrons. The minimum Gasteiger partial charge on any atom is -0.490 e. The van der Waals surface area contributed by atoms with E-state index in [2.05, 4.69) is 36.1 Å². The first-order valence-electron chi connectivity index (χ1n) is 7.83. The summed E-state index contributed by atoms with van der Waals surface area (Å²) < 4.78 is 11.6. The van der Waals surface area contributed by atoms with Crippen molar-refractivity contribution in [2.75, 3.05) is 32.8 Å². The lowest BCUT2D eigenvalue weighted by Gasteiger charge is -2.33. The Hall–Kier alpha value is -1.06. The van der Waals surface area contributed by atoms with Crippen molar-refractivity contribution in [1.29, 1.82) is 0 Å². The maximum atomic E-state index is 6.15. The fraction of sp³-hybridized carbons (Fsp3) is 0.647. The molecular formula is C17H25NO2. The van der Waals surface area contributed by atoms with Gasteiger partial charge in [-0.2, -0.15) is 0 Å². The summed E-state index contributed by atoms with van der Waals surface area (Å²) >= 11 is 0. The van der Waals surface area contributed by atoms with Gasteiger partial charge < -0.3 is 14.4 Å². The van der Waals surface area contributed by atoms with Gasteiger partial charge in [0.2, 0.25) is 0 Å². The molecule has 0 spiro atoms. The van der Waals surface area contributed by atoms with Gasteiger partial charge in [0.15, 0.2) is 0 Å². The van der Waals surface area contributed by atoms with Crippen LogP contribution in [0.2, 0.25) is 0 Å². The molecule has 2 fully saturated rings. The Bertz CT molecular complexity index is 421. The summed E-state index contributed by atoms with van der Waals surface area (Å²) in [5, 5.41) is 0. The van der Waals surface area contributed by atoms with E-state index in [9.17, 15) is 0 Å². The van der Waals surface area contributed by atoms with Crippen LogP contribution in [0.4, 0.5) is 0 Å². The van der Waals surface area contributed by atoms with Gasteiger partial charge in [-0.25, -0.2) is 0 Å². The number of ether oxygens (including phenoxy) is 2.